The number of fused-ring (bicyclic) bond motifs is 1. The lowest BCUT2D eigenvalue weighted by Crippen LogP contribution is -2.45. The van der Waals surface area contributed by atoms with Crippen molar-refractivity contribution in [3.63, 3.8) is 0 Å². The van der Waals surface area contributed by atoms with Crippen molar-refractivity contribution in [3.8, 4) is 5.75 Å². The maximum Gasteiger partial charge on any atom is 0.573 e. The number of amides is 2. The van der Waals surface area contributed by atoms with Crippen LogP contribution in [0.2, 0.25) is 0 Å². The summed E-state index contributed by atoms with van der Waals surface area (Å²) in [5.41, 5.74) is 0.197. The van der Waals surface area contributed by atoms with Gasteiger partial charge in [0, 0.05) is 18.7 Å². The van der Waals surface area contributed by atoms with Crippen molar-refractivity contribution in [2.45, 2.75) is 32.7 Å². The number of ether oxygens (including phenoxy) is 1. The van der Waals surface area contributed by atoms with E-state index in [1.807, 2.05) is 20.8 Å². The van der Waals surface area contributed by atoms with Crippen LogP contribution in [0.15, 0.2) is 18.2 Å². The van der Waals surface area contributed by atoms with E-state index in [1.54, 1.807) is 0 Å². The quantitative estimate of drug-likeness (QED) is 0.754. The van der Waals surface area contributed by atoms with Crippen molar-refractivity contribution in [2.75, 3.05) is 25.5 Å². The number of benzene rings is 1. The molecule has 2 N–H and O–H groups in total. The molecule has 2 aromatic rings. The summed E-state index contributed by atoms with van der Waals surface area (Å²) in [7, 11) is 1.51. The molecule has 7 nitrogen and oxygen atoms in total. The van der Waals surface area contributed by atoms with Crippen LogP contribution in [-0.4, -0.2) is 53.7 Å². The topological polar surface area (TPSA) is 83.6 Å². The van der Waals surface area contributed by atoms with Gasteiger partial charge in [0.2, 0.25) is 11.8 Å². The zero-order chi connectivity index (χ0) is 21.1. The minimum Gasteiger partial charge on any atom is -0.406 e. The third kappa shape index (κ3) is 6.97. The van der Waals surface area contributed by atoms with E-state index in [9.17, 15) is 22.8 Å². The molecule has 0 atom stereocenters. The lowest BCUT2D eigenvalue weighted by atomic mass is 10.1. The first-order valence-corrected chi connectivity index (χ1v) is 9.09. The first-order valence-electron chi connectivity index (χ1n) is 8.27. The van der Waals surface area contributed by atoms with Crippen LogP contribution >= 0.6 is 11.3 Å². The minimum absolute atomic E-state index is 0.0937. The highest BCUT2D eigenvalue weighted by atomic mass is 32.1. The van der Waals surface area contributed by atoms with Crippen LogP contribution in [0.25, 0.3) is 10.2 Å². The Labute approximate surface area is 163 Å². The monoisotopic (exact) mass is 418 g/mol. The summed E-state index contributed by atoms with van der Waals surface area (Å²) < 4.78 is 41.2. The van der Waals surface area contributed by atoms with Gasteiger partial charge in [-0.1, -0.05) is 11.3 Å². The van der Waals surface area contributed by atoms with Crippen molar-refractivity contribution < 1.29 is 27.5 Å². The molecular formula is C17H21F3N4O3S. The third-order valence-corrected chi connectivity index (χ3v) is 4.35. The van der Waals surface area contributed by atoms with E-state index in [4.69, 9.17) is 0 Å². The molecule has 1 heterocycles. The van der Waals surface area contributed by atoms with Crippen molar-refractivity contribution in [1.29, 1.82) is 0 Å². The van der Waals surface area contributed by atoms with E-state index in [0.29, 0.717) is 10.2 Å². The highest BCUT2D eigenvalue weighted by molar-refractivity contribution is 7.22. The van der Waals surface area contributed by atoms with Crippen LogP contribution in [0.1, 0.15) is 20.8 Å². The fourth-order valence-corrected chi connectivity index (χ4v) is 3.00. The van der Waals surface area contributed by atoms with Gasteiger partial charge in [0.05, 0.1) is 23.3 Å². The zero-order valence-electron chi connectivity index (χ0n) is 15.8. The number of hydrogen-bond donors (Lipinski definition) is 2. The van der Waals surface area contributed by atoms with Gasteiger partial charge in [0.15, 0.2) is 5.13 Å². The number of alkyl halides is 3. The Morgan fingerprint density at radius 1 is 1.25 bits per heavy atom. The first-order chi connectivity index (χ1) is 12.8. The van der Waals surface area contributed by atoms with Gasteiger partial charge < -0.3 is 20.3 Å². The predicted molar refractivity (Wildman–Crippen MR) is 100 cm³/mol. The molecular weight excluding hydrogens is 397 g/mol. The number of thiazole rings is 1. The zero-order valence-corrected chi connectivity index (χ0v) is 16.6. The van der Waals surface area contributed by atoms with Gasteiger partial charge >= 0.3 is 6.36 Å². The average molecular weight is 418 g/mol. The molecule has 11 heteroatoms. The van der Waals surface area contributed by atoms with Gasteiger partial charge in [-0.25, -0.2) is 4.98 Å². The lowest BCUT2D eigenvalue weighted by Gasteiger charge is -2.23. The number of hydrogen-bond acceptors (Lipinski definition) is 6. The van der Waals surface area contributed by atoms with Gasteiger partial charge in [-0.2, -0.15) is 0 Å². The molecule has 0 spiro atoms. The first kappa shape index (κ1) is 21.9. The molecule has 0 aliphatic carbocycles. The minimum atomic E-state index is -4.78. The van der Waals surface area contributed by atoms with Crippen LogP contribution in [-0.2, 0) is 9.59 Å². The second kappa shape index (κ2) is 8.31. The number of nitrogens with zero attached hydrogens (tertiary/aromatic N) is 2. The Morgan fingerprint density at radius 2 is 1.93 bits per heavy atom. The van der Waals surface area contributed by atoms with Crippen molar-refractivity contribution in [3.05, 3.63) is 18.2 Å². The standard InChI is InChI=1S/C17H21F3N4O3S/c1-16(2,3)21-8-14(26)24(4)9-13(25)23-15-22-11-6-5-10(7-12(11)28-15)27-17(18,19)20/h5-7,21H,8-9H2,1-4H3,(H,22,23,25). The van der Waals surface area contributed by atoms with E-state index >= 15 is 0 Å². The number of carbonyl (C=O) groups excluding carboxylic acids is 2. The maximum absolute atomic E-state index is 12.3. The number of nitrogens with one attached hydrogen (secondary N) is 2. The molecule has 0 aliphatic rings. The molecule has 0 saturated heterocycles. The van der Waals surface area contributed by atoms with Gasteiger partial charge in [0.1, 0.15) is 5.75 Å². The Bertz CT molecular complexity index is 861. The SMILES string of the molecule is CN(CC(=O)Nc1nc2ccc(OC(F)(F)F)cc2s1)C(=O)CNC(C)(C)C. The van der Waals surface area contributed by atoms with E-state index in [2.05, 4.69) is 20.4 Å². The average Bonchev–Trinajstić information content (AvgIpc) is 2.91. The Hall–Kier alpha value is -2.40. The van der Waals surface area contributed by atoms with Crippen molar-refractivity contribution >= 4 is 38.5 Å². The smallest absolute Gasteiger partial charge is 0.406 e. The van der Waals surface area contributed by atoms with E-state index in [1.165, 1.54) is 24.1 Å². The Morgan fingerprint density at radius 3 is 2.54 bits per heavy atom. The predicted octanol–water partition coefficient (Wildman–Crippen LogP) is 2.98. The van der Waals surface area contributed by atoms with Crippen LogP contribution in [0.4, 0.5) is 18.3 Å². The number of carbonyl (C=O) groups is 2. The van der Waals surface area contributed by atoms with Crippen LogP contribution in [0, 0.1) is 0 Å². The van der Waals surface area contributed by atoms with Crippen LogP contribution in [0.3, 0.4) is 0 Å². The second-order valence-electron chi connectivity index (χ2n) is 7.10. The molecule has 0 radical (unpaired) electrons. The summed E-state index contributed by atoms with van der Waals surface area (Å²) in [6.07, 6.45) is -4.78. The largest absolute Gasteiger partial charge is 0.573 e. The van der Waals surface area contributed by atoms with Gasteiger partial charge in [0.25, 0.3) is 0 Å². The second-order valence-corrected chi connectivity index (χ2v) is 8.13. The Kier molecular flexibility index (Phi) is 6.50. The summed E-state index contributed by atoms with van der Waals surface area (Å²) >= 11 is 1.01. The number of anilines is 1. The highest BCUT2D eigenvalue weighted by Crippen LogP contribution is 2.31. The van der Waals surface area contributed by atoms with Crippen molar-refractivity contribution in [2.24, 2.45) is 0 Å². The molecule has 28 heavy (non-hydrogen) atoms. The molecule has 1 aromatic carbocycles. The summed E-state index contributed by atoms with van der Waals surface area (Å²) in [5, 5.41) is 5.81. The number of aromatic nitrogens is 1. The summed E-state index contributed by atoms with van der Waals surface area (Å²) in [6.45, 7) is 5.68. The number of likely N-dealkylation sites (N-methyl/N-ethyl adjacent to an activating group) is 1. The van der Waals surface area contributed by atoms with Crippen LogP contribution in [0.5, 0.6) is 5.75 Å². The summed E-state index contributed by atoms with van der Waals surface area (Å²) in [5.74, 6) is -1.07. The molecule has 0 fully saturated rings. The Balaban J connectivity index is 1.96. The molecule has 0 unspecified atom stereocenters. The molecule has 0 bridgehead atoms. The highest BCUT2D eigenvalue weighted by Gasteiger charge is 2.31. The summed E-state index contributed by atoms with van der Waals surface area (Å²) in [4.78, 5) is 29.6. The fraction of sp³-hybridized carbons (Fsp3) is 0.471. The molecule has 2 rings (SSSR count). The molecule has 2 amide bonds. The van der Waals surface area contributed by atoms with Crippen molar-refractivity contribution in [1.82, 2.24) is 15.2 Å². The summed E-state index contributed by atoms with van der Waals surface area (Å²) in [6, 6.07) is 3.72. The van der Waals surface area contributed by atoms with E-state index < -0.39 is 12.3 Å². The number of rotatable bonds is 6. The number of halogens is 3. The fourth-order valence-electron chi connectivity index (χ4n) is 2.09. The molecule has 154 valence electrons. The van der Waals surface area contributed by atoms with E-state index in [-0.39, 0.29) is 35.4 Å². The normalized spacial score (nSPS) is 12.1. The van der Waals surface area contributed by atoms with Gasteiger partial charge in [-0.15, -0.1) is 13.2 Å². The van der Waals surface area contributed by atoms with Crippen LogP contribution < -0.4 is 15.4 Å². The molecule has 0 saturated carbocycles. The van der Waals surface area contributed by atoms with Gasteiger partial charge in [-0.3, -0.25) is 9.59 Å². The lowest BCUT2D eigenvalue weighted by molar-refractivity contribution is -0.274. The van der Waals surface area contributed by atoms with E-state index in [0.717, 1.165) is 17.4 Å². The molecule has 0 aliphatic heterocycles. The maximum atomic E-state index is 12.3. The molecule has 1 aromatic heterocycles. The third-order valence-electron chi connectivity index (χ3n) is 3.42. The van der Waals surface area contributed by atoms with Gasteiger partial charge in [-0.05, 0) is 32.9 Å².